The topological polar surface area (TPSA) is 73.9 Å². The van der Waals surface area contributed by atoms with Gasteiger partial charge in [-0.3, -0.25) is 4.79 Å². The van der Waals surface area contributed by atoms with Crippen LogP contribution in [0.2, 0.25) is 0 Å². The minimum atomic E-state index is -0.713. The SMILES string of the molecule is COC(=O)c1cccc(NC(=O)[C@H](C)Oc2ccc(OC)cc2)c1C. The van der Waals surface area contributed by atoms with Crippen molar-refractivity contribution in [2.75, 3.05) is 19.5 Å². The summed E-state index contributed by atoms with van der Waals surface area (Å²) in [4.78, 5) is 24.1. The molecular weight excluding hydrogens is 322 g/mol. The number of ether oxygens (including phenoxy) is 3. The molecule has 0 aliphatic carbocycles. The molecule has 0 saturated carbocycles. The van der Waals surface area contributed by atoms with E-state index in [1.54, 1.807) is 63.4 Å². The molecule has 0 fully saturated rings. The first-order valence-electron chi connectivity index (χ1n) is 7.75. The molecule has 0 unspecified atom stereocenters. The van der Waals surface area contributed by atoms with E-state index in [2.05, 4.69) is 5.32 Å². The van der Waals surface area contributed by atoms with Crippen molar-refractivity contribution in [1.29, 1.82) is 0 Å². The average Bonchev–Trinajstić information content (AvgIpc) is 2.63. The van der Waals surface area contributed by atoms with Gasteiger partial charge in [-0.2, -0.15) is 0 Å². The molecule has 0 aliphatic rings. The Morgan fingerprint density at radius 2 is 1.64 bits per heavy atom. The summed E-state index contributed by atoms with van der Waals surface area (Å²) in [5.74, 6) is 0.500. The van der Waals surface area contributed by atoms with Crippen molar-refractivity contribution >= 4 is 17.6 Å². The van der Waals surface area contributed by atoms with Gasteiger partial charge in [0.1, 0.15) is 11.5 Å². The van der Waals surface area contributed by atoms with Crippen LogP contribution in [-0.4, -0.2) is 32.2 Å². The average molecular weight is 343 g/mol. The third-order valence-electron chi connectivity index (χ3n) is 3.74. The van der Waals surface area contributed by atoms with Crippen LogP contribution in [0.1, 0.15) is 22.8 Å². The van der Waals surface area contributed by atoms with Crippen LogP contribution < -0.4 is 14.8 Å². The van der Waals surface area contributed by atoms with E-state index in [1.807, 2.05) is 0 Å². The van der Waals surface area contributed by atoms with Crippen molar-refractivity contribution in [3.8, 4) is 11.5 Å². The molecular formula is C19H21NO5. The number of carbonyl (C=O) groups excluding carboxylic acids is 2. The van der Waals surface area contributed by atoms with Crippen LogP contribution in [0, 0.1) is 6.92 Å². The second-order valence-corrected chi connectivity index (χ2v) is 5.39. The Morgan fingerprint density at radius 3 is 2.24 bits per heavy atom. The first kappa shape index (κ1) is 18.3. The van der Waals surface area contributed by atoms with Gasteiger partial charge in [-0.1, -0.05) is 6.07 Å². The molecule has 0 bridgehead atoms. The van der Waals surface area contributed by atoms with E-state index in [0.717, 1.165) is 0 Å². The summed E-state index contributed by atoms with van der Waals surface area (Å²) < 4.78 is 15.4. The molecule has 0 spiro atoms. The third-order valence-corrected chi connectivity index (χ3v) is 3.74. The molecule has 1 amide bonds. The molecule has 0 aromatic heterocycles. The number of esters is 1. The Labute approximate surface area is 146 Å². The molecule has 0 heterocycles. The number of anilines is 1. The zero-order chi connectivity index (χ0) is 18.4. The summed E-state index contributed by atoms with van der Waals surface area (Å²) in [6.45, 7) is 3.40. The smallest absolute Gasteiger partial charge is 0.338 e. The third kappa shape index (κ3) is 4.50. The lowest BCUT2D eigenvalue weighted by molar-refractivity contribution is -0.122. The Kier molecular flexibility index (Phi) is 6.00. The number of hydrogen-bond donors (Lipinski definition) is 1. The van der Waals surface area contributed by atoms with E-state index in [0.29, 0.717) is 28.3 Å². The van der Waals surface area contributed by atoms with Crippen LogP contribution in [0.3, 0.4) is 0 Å². The minimum Gasteiger partial charge on any atom is -0.497 e. The summed E-state index contributed by atoms with van der Waals surface area (Å²) >= 11 is 0. The van der Waals surface area contributed by atoms with Crippen LogP contribution in [0.15, 0.2) is 42.5 Å². The van der Waals surface area contributed by atoms with Crippen molar-refractivity contribution in [3.05, 3.63) is 53.6 Å². The zero-order valence-corrected chi connectivity index (χ0v) is 14.7. The number of amides is 1. The lowest BCUT2D eigenvalue weighted by Crippen LogP contribution is -2.30. The molecule has 6 nitrogen and oxygen atoms in total. The monoisotopic (exact) mass is 343 g/mol. The predicted molar refractivity (Wildman–Crippen MR) is 94.2 cm³/mol. The standard InChI is InChI=1S/C19H21NO5/c1-12-16(19(22)24-4)6-5-7-17(12)20-18(21)13(2)25-15-10-8-14(23-3)9-11-15/h5-11,13H,1-4H3,(H,20,21)/t13-/m0/s1. The van der Waals surface area contributed by atoms with Gasteiger partial charge < -0.3 is 19.5 Å². The highest BCUT2D eigenvalue weighted by atomic mass is 16.5. The zero-order valence-electron chi connectivity index (χ0n) is 14.7. The molecule has 0 saturated heterocycles. The molecule has 1 N–H and O–H groups in total. The van der Waals surface area contributed by atoms with Crippen molar-refractivity contribution < 1.29 is 23.8 Å². The maximum absolute atomic E-state index is 12.4. The highest BCUT2D eigenvalue weighted by molar-refractivity contribution is 5.98. The van der Waals surface area contributed by atoms with Gasteiger partial charge in [0.15, 0.2) is 6.10 Å². The van der Waals surface area contributed by atoms with Crippen molar-refractivity contribution in [2.24, 2.45) is 0 Å². The van der Waals surface area contributed by atoms with Crippen LogP contribution in [0.5, 0.6) is 11.5 Å². The number of hydrogen-bond acceptors (Lipinski definition) is 5. The van der Waals surface area contributed by atoms with E-state index < -0.39 is 12.1 Å². The maximum atomic E-state index is 12.4. The lowest BCUT2D eigenvalue weighted by atomic mass is 10.1. The van der Waals surface area contributed by atoms with Gasteiger partial charge in [-0.15, -0.1) is 0 Å². The Hall–Kier alpha value is -3.02. The van der Waals surface area contributed by atoms with Crippen LogP contribution in [0.4, 0.5) is 5.69 Å². The Balaban J connectivity index is 2.06. The molecule has 6 heteroatoms. The van der Waals surface area contributed by atoms with E-state index >= 15 is 0 Å². The lowest BCUT2D eigenvalue weighted by Gasteiger charge is -2.16. The fraction of sp³-hybridized carbons (Fsp3) is 0.263. The second-order valence-electron chi connectivity index (χ2n) is 5.39. The summed E-state index contributed by atoms with van der Waals surface area (Å²) in [6.07, 6.45) is -0.713. The van der Waals surface area contributed by atoms with Gasteiger partial charge >= 0.3 is 5.97 Å². The molecule has 2 aromatic rings. The van der Waals surface area contributed by atoms with Crippen molar-refractivity contribution in [2.45, 2.75) is 20.0 Å². The van der Waals surface area contributed by atoms with E-state index in [1.165, 1.54) is 7.11 Å². The molecule has 25 heavy (non-hydrogen) atoms. The van der Waals surface area contributed by atoms with Gasteiger partial charge in [0, 0.05) is 5.69 Å². The van der Waals surface area contributed by atoms with E-state index in [4.69, 9.17) is 14.2 Å². The van der Waals surface area contributed by atoms with Gasteiger partial charge in [0.25, 0.3) is 5.91 Å². The quantitative estimate of drug-likeness (QED) is 0.816. The van der Waals surface area contributed by atoms with Gasteiger partial charge in [0.2, 0.25) is 0 Å². The number of benzene rings is 2. The largest absolute Gasteiger partial charge is 0.497 e. The van der Waals surface area contributed by atoms with E-state index in [9.17, 15) is 9.59 Å². The van der Waals surface area contributed by atoms with Crippen LogP contribution in [0.25, 0.3) is 0 Å². The molecule has 132 valence electrons. The van der Waals surface area contributed by atoms with Gasteiger partial charge in [0.05, 0.1) is 19.8 Å². The first-order valence-corrected chi connectivity index (χ1v) is 7.75. The molecule has 0 aliphatic heterocycles. The summed E-state index contributed by atoms with van der Waals surface area (Å²) in [5.41, 5.74) is 1.58. The molecule has 2 rings (SSSR count). The summed E-state index contributed by atoms with van der Waals surface area (Å²) in [7, 11) is 2.90. The Morgan fingerprint density at radius 1 is 1.00 bits per heavy atom. The van der Waals surface area contributed by atoms with Crippen LogP contribution >= 0.6 is 0 Å². The molecule has 2 aromatic carbocycles. The van der Waals surface area contributed by atoms with Crippen molar-refractivity contribution in [3.63, 3.8) is 0 Å². The fourth-order valence-electron chi connectivity index (χ4n) is 2.25. The van der Waals surface area contributed by atoms with Gasteiger partial charge in [-0.25, -0.2) is 4.79 Å². The highest BCUT2D eigenvalue weighted by Crippen LogP contribution is 2.21. The second kappa shape index (κ2) is 8.19. The number of methoxy groups -OCH3 is 2. The maximum Gasteiger partial charge on any atom is 0.338 e. The number of carbonyl (C=O) groups is 2. The summed E-state index contributed by atoms with van der Waals surface area (Å²) in [5, 5.41) is 2.78. The van der Waals surface area contributed by atoms with E-state index in [-0.39, 0.29) is 5.91 Å². The number of rotatable bonds is 6. The Bertz CT molecular complexity index is 755. The van der Waals surface area contributed by atoms with Crippen molar-refractivity contribution in [1.82, 2.24) is 0 Å². The first-order chi connectivity index (χ1) is 12.0. The summed E-state index contributed by atoms with van der Waals surface area (Å²) in [6, 6.07) is 12.0. The number of nitrogens with one attached hydrogen (secondary N) is 1. The normalized spacial score (nSPS) is 11.4. The predicted octanol–water partition coefficient (Wildman–Crippen LogP) is 3.20. The molecule has 1 atom stereocenters. The highest BCUT2D eigenvalue weighted by Gasteiger charge is 2.18. The fourth-order valence-corrected chi connectivity index (χ4v) is 2.25. The minimum absolute atomic E-state index is 0.319. The van der Waals surface area contributed by atoms with Crippen LogP contribution in [-0.2, 0) is 9.53 Å². The van der Waals surface area contributed by atoms with Gasteiger partial charge in [-0.05, 0) is 55.8 Å². The molecule has 0 radical (unpaired) electrons.